The van der Waals surface area contributed by atoms with Gasteiger partial charge in [-0.15, -0.1) is 0 Å². The second-order valence-electron chi connectivity index (χ2n) is 6.89. The Morgan fingerprint density at radius 1 is 1.32 bits per heavy atom. The zero-order valence-corrected chi connectivity index (χ0v) is 15.4. The summed E-state index contributed by atoms with van der Waals surface area (Å²) in [7, 11) is 1.36. The monoisotopic (exact) mass is 397 g/mol. The van der Waals surface area contributed by atoms with Crippen LogP contribution in [0.15, 0.2) is 30.6 Å². The van der Waals surface area contributed by atoms with Crippen LogP contribution in [-0.4, -0.2) is 39.9 Å². The lowest BCUT2D eigenvalue weighted by molar-refractivity contribution is -0.272. The first-order chi connectivity index (χ1) is 13.2. The van der Waals surface area contributed by atoms with Crippen LogP contribution in [-0.2, 0) is 30.3 Å². The van der Waals surface area contributed by atoms with Crippen LogP contribution < -0.4 is 10.1 Å². The molecule has 1 heterocycles. The van der Waals surface area contributed by atoms with E-state index in [1.807, 2.05) is 12.1 Å². The van der Waals surface area contributed by atoms with Gasteiger partial charge in [0.15, 0.2) is 6.61 Å². The summed E-state index contributed by atoms with van der Waals surface area (Å²) >= 11 is 0. The van der Waals surface area contributed by atoms with Crippen molar-refractivity contribution in [1.29, 1.82) is 0 Å². The van der Waals surface area contributed by atoms with Crippen molar-refractivity contribution in [2.24, 2.45) is 7.05 Å². The van der Waals surface area contributed by atoms with Gasteiger partial charge in [0.2, 0.25) is 5.60 Å². The lowest BCUT2D eigenvalue weighted by Crippen LogP contribution is -2.47. The van der Waals surface area contributed by atoms with Gasteiger partial charge in [0.1, 0.15) is 11.6 Å². The summed E-state index contributed by atoms with van der Waals surface area (Å²) in [5.41, 5.74) is -0.680. The molecule has 152 valence electrons. The lowest BCUT2D eigenvalue weighted by atomic mass is 9.97. The third-order valence-corrected chi connectivity index (χ3v) is 4.91. The number of aryl methyl sites for hydroxylation is 3. The van der Waals surface area contributed by atoms with Gasteiger partial charge in [0, 0.05) is 32.4 Å². The topological polar surface area (TPSA) is 76.4 Å². The SMILES string of the molecule is Cn1ccnc1C(O)(CCNC(=O)COc1ccc2c(c1)CCC2)C(F)(F)F. The van der Waals surface area contributed by atoms with Gasteiger partial charge in [0.05, 0.1) is 0 Å². The molecule has 0 fully saturated rings. The number of aromatic nitrogens is 2. The number of aliphatic hydroxyl groups is 1. The number of ether oxygens (including phenoxy) is 1. The molecule has 1 amide bonds. The van der Waals surface area contributed by atoms with Crippen molar-refractivity contribution in [1.82, 2.24) is 14.9 Å². The Kier molecular flexibility index (Phi) is 5.64. The molecule has 1 aliphatic carbocycles. The van der Waals surface area contributed by atoms with Crippen molar-refractivity contribution in [2.75, 3.05) is 13.2 Å². The smallest absolute Gasteiger partial charge is 0.424 e. The summed E-state index contributed by atoms with van der Waals surface area (Å²) in [6, 6.07) is 5.63. The maximum atomic E-state index is 13.4. The van der Waals surface area contributed by atoms with E-state index in [-0.39, 0.29) is 13.2 Å². The number of benzene rings is 1. The molecule has 1 unspecified atom stereocenters. The van der Waals surface area contributed by atoms with Crippen molar-refractivity contribution in [3.63, 3.8) is 0 Å². The molecule has 3 rings (SSSR count). The van der Waals surface area contributed by atoms with Crippen molar-refractivity contribution in [3.8, 4) is 5.75 Å². The minimum absolute atomic E-state index is 0.314. The summed E-state index contributed by atoms with van der Waals surface area (Å²) < 4.78 is 46.8. The Morgan fingerprint density at radius 2 is 2.07 bits per heavy atom. The van der Waals surface area contributed by atoms with E-state index in [1.54, 1.807) is 6.07 Å². The highest BCUT2D eigenvalue weighted by molar-refractivity contribution is 5.77. The summed E-state index contributed by atoms with van der Waals surface area (Å²) in [6.45, 7) is -0.694. The lowest BCUT2D eigenvalue weighted by Gasteiger charge is -2.29. The van der Waals surface area contributed by atoms with Crippen LogP contribution in [0.4, 0.5) is 13.2 Å². The second-order valence-corrected chi connectivity index (χ2v) is 6.89. The van der Waals surface area contributed by atoms with Crippen LogP contribution in [0.1, 0.15) is 29.8 Å². The number of hydrogen-bond acceptors (Lipinski definition) is 4. The summed E-state index contributed by atoms with van der Waals surface area (Å²) in [4.78, 5) is 15.5. The van der Waals surface area contributed by atoms with E-state index >= 15 is 0 Å². The number of amides is 1. The molecule has 0 aliphatic heterocycles. The molecule has 0 saturated heterocycles. The fraction of sp³-hybridized carbons (Fsp3) is 0.474. The zero-order valence-electron chi connectivity index (χ0n) is 15.4. The maximum absolute atomic E-state index is 13.4. The predicted molar refractivity (Wildman–Crippen MR) is 94.7 cm³/mol. The normalized spacial score (nSPS) is 15.8. The van der Waals surface area contributed by atoms with Crippen LogP contribution in [0.2, 0.25) is 0 Å². The van der Waals surface area contributed by atoms with E-state index in [0.717, 1.165) is 23.8 Å². The van der Waals surface area contributed by atoms with Crippen molar-refractivity contribution in [2.45, 2.75) is 37.5 Å². The molecule has 2 N–H and O–H groups in total. The van der Waals surface area contributed by atoms with Gasteiger partial charge in [-0.2, -0.15) is 13.2 Å². The Hall–Kier alpha value is -2.55. The van der Waals surface area contributed by atoms with E-state index in [2.05, 4.69) is 10.3 Å². The number of fused-ring (bicyclic) bond motifs is 1. The number of carbonyl (C=O) groups excluding carboxylic acids is 1. The number of nitrogens with one attached hydrogen (secondary N) is 1. The van der Waals surface area contributed by atoms with Crippen LogP contribution in [0, 0.1) is 0 Å². The molecule has 0 saturated carbocycles. The summed E-state index contributed by atoms with van der Waals surface area (Å²) in [5.74, 6) is -0.538. The van der Waals surface area contributed by atoms with Crippen molar-refractivity contribution < 1.29 is 27.8 Å². The minimum Gasteiger partial charge on any atom is -0.484 e. The second kappa shape index (κ2) is 7.83. The molecule has 1 aliphatic rings. The first-order valence-corrected chi connectivity index (χ1v) is 8.99. The standard InChI is InChI=1S/C19H22F3N3O3/c1-25-10-9-24-17(25)18(27,19(20,21)22)7-8-23-16(26)12-28-15-6-5-13-3-2-4-14(13)11-15/h5-6,9-11,27H,2-4,7-8,12H2,1H3,(H,23,26). The van der Waals surface area contributed by atoms with E-state index < -0.39 is 29.9 Å². The molecule has 28 heavy (non-hydrogen) atoms. The van der Waals surface area contributed by atoms with Gasteiger partial charge in [-0.1, -0.05) is 6.07 Å². The van der Waals surface area contributed by atoms with Gasteiger partial charge in [-0.3, -0.25) is 4.79 Å². The minimum atomic E-state index is -4.93. The quantitative estimate of drug-likeness (QED) is 0.751. The summed E-state index contributed by atoms with van der Waals surface area (Å²) in [5, 5.41) is 12.6. The average molecular weight is 397 g/mol. The largest absolute Gasteiger partial charge is 0.484 e. The number of halogens is 3. The highest BCUT2D eigenvalue weighted by Crippen LogP contribution is 2.40. The molecule has 0 spiro atoms. The number of imidazole rings is 1. The third kappa shape index (κ3) is 4.14. The van der Waals surface area contributed by atoms with E-state index in [1.165, 1.54) is 30.6 Å². The number of nitrogens with zero attached hydrogens (tertiary/aromatic N) is 2. The first kappa shape index (κ1) is 20.2. The van der Waals surface area contributed by atoms with Gasteiger partial charge in [-0.05, 0) is 42.5 Å². The number of hydrogen-bond donors (Lipinski definition) is 2. The molecule has 1 aromatic carbocycles. The number of rotatable bonds is 7. The molecule has 6 nitrogen and oxygen atoms in total. The van der Waals surface area contributed by atoms with Crippen LogP contribution >= 0.6 is 0 Å². The van der Waals surface area contributed by atoms with Gasteiger partial charge in [-0.25, -0.2) is 4.98 Å². The molecule has 2 aromatic rings. The Bertz CT molecular complexity index is 850. The fourth-order valence-corrected chi connectivity index (χ4v) is 3.37. The average Bonchev–Trinajstić information content (AvgIpc) is 3.27. The number of carbonyl (C=O) groups is 1. The summed E-state index contributed by atoms with van der Waals surface area (Å²) in [6.07, 6.45) is -0.0958. The molecule has 1 aromatic heterocycles. The van der Waals surface area contributed by atoms with Crippen molar-refractivity contribution >= 4 is 5.91 Å². The van der Waals surface area contributed by atoms with Gasteiger partial charge in [0.25, 0.3) is 5.91 Å². The third-order valence-electron chi connectivity index (χ3n) is 4.91. The maximum Gasteiger partial charge on any atom is 0.424 e. The Balaban J connectivity index is 1.53. The highest BCUT2D eigenvalue weighted by Gasteiger charge is 2.57. The molecule has 0 radical (unpaired) electrons. The van der Waals surface area contributed by atoms with Crippen molar-refractivity contribution in [3.05, 3.63) is 47.5 Å². The number of alkyl halides is 3. The zero-order chi connectivity index (χ0) is 20.4. The van der Waals surface area contributed by atoms with Gasteiger partial charge >= 0.3 is 6.18 Å². The fourth-order valence-electron chi connectivity index (χ4n) is 3.37. The predicted octanol–water partition coefficient (Wildman–Crippen LogP) is 2.24. The molecular weight excluding hydrogens is 375 g/mol. The van der Waals surface area contributed by atoms with Crippen LogP contribution in [0.5, 0.6) is 5.75 Å². The molecular formula is C19H22F3N3O3. The van der Waals surface area contributed by atoms with Gasteiger partial charge < -0.3 is 19.7 Å². The highest BCUT2D eigenvalue weighted by atomic mass is 19.4. The van der Waals surface area contributed by atoms with Crippen LogP contribution in [0.3, 0.4) is 0 Å². The molecule has 1 atom stereocenters. The van der Waals surface area contributed by atoms with E-state index in [9.17, 15) is 23.1 Å². The van der Waals surface area contributed by atoms with Crippen LogP contribution in [0.25, 0.3) is 0 Å². The Labute approximate surface area is 160 Å². The Morgan fingerprint density at radius 3 is 2.75 bits per heavy atom. The molecule has 0 bridgehead atoms. The molecule has 9 heteroatoms. The van der Waals surface area contributed by atoms with E-state index in [4.69, 9.17) is 4.74 Å². The van der Waals surface area contributed by atoms with E-state index in [0.29, 0.717) is 5.75 Å². The first-order valence-electron chi connectivity index (χ1n) is 8.99.